The third-order valence-corrected chi connectivity index (χ3v) is 4.23. The van der Waals surface area contributed by atoms with Gasteiger partial charge in [-0.3, -0.25) is 0 Å². The van der Waals surface area contributed by atoms with Crippen LogP contribution in [0.1, 0.15) is 30.2 Å². The van der Waals surface area contributed by atoms with E-state index in [4.69, 9.17) is 9.72 Å². The summed E-state index contributed by atoms with van der Waals surface area (Å²) in [5, 5.41) is 4.46. The molecule has 1 aromatic carbocycles. The van der Waals surface area contributed by atoms with Crippen molar-refractivity contribution < 1.29 is 4.74 Å². The Bertz CT molecular complexity index is 525. The van der Waals surface area contributed by atoms with Gasteiger partial charge in [-0.05, 0) is 19.4 Å². The summed E-state index contributed by atoms with van der Waals surface area (Å²) in [7, 11) is 0. The predicted molar refractivity (Wildman–Crippen MR) is 89.7 cm³/mol. The van der Waals surface area contributed by atoms with Gasteiger partial charge in [-0.1, -0.05) is 44.2 Å². The topological polar surface area (TPSA) is 34.1 Å². The number of likely N-dealkylation sites (N-methyl/N-ethyl adjacent to an activating group) is 1. The van der Waals surface area contributed by atoms with E-state index in [9.17, 15) is 0 Å². The van der Waals surface area contributed by atoms with Crippen molar-refractivity contribution in [3.63, 3.8) is 0 Å². The molecule has 0 atom stereocenters. The summed E-state index contributed by atoms with van der Waals surface area (Å²) in [5.41, 5.74) is 2.32. The number of ether oxygens (including phenoxy) is 1. The molecule has 0 unspecified atom stereocenters. The number of thiazole rings is 1. The highest BCUT2D eigenvalue weighted by molar-refractivity contribution is 7.12. The molecule has 0 aliphatic carbocycles. The molecule has 0 saturated carbocycles. The monoisotopic (exact) mass is 304 g/mol. The first-order chi connectivity index (χ1) is 10.3. The second-order valence-corrected chi connectivity index (χ2v) is 6.07. The standard InChI is InChI=1S/C17H24N2OS/c1-3-12-20-13-16-19-17(14-8-6-5-7-9-14)15(21-16)10-11-18-4-2/h5-9,18H,3-4,10-13H2,1-2H3. The molecule has 21 heavy (non-hydrogen) atoms. The first kappa shape index (κ1) is 16.1. The molecule has 0 aliphatic heterocycles. The van der Waals surface area contributed by atoms with Gasteiger partial charge < -0.3 is 10.1 Å². The maximum atomic E-state index is 5.63. The van der Waals surface area contributed by atoms with Crippen molar-refractivity contribution in [3.05, 3.63) is 40.2 Å². The SMILES string of the molecule is CCCOCc1nc(-c2ccccc2)c(CCNCC)s1. The Balaban J connectivity index is 2.15. The number of hydrogen-bond donors (Lipinski definition) is 1. The predicted octanol–water partition coefficient (Wildman–Crippen LogP) is 3.89. The molecular formula is C17H24N2OS. The van der Waals surface area contributed by atoms with Gasteiger partial charge in [-0.25, -0.2) is 4.98 Å². The minimum atomic E-state index is 0.625. The number of aromatic nitrogens is 1. The Hall–Kier alpha value is -1.23. The normalized spacial score (nSPS) is 11.0. The molecular weight excluding hydrogens is 280 g/mol. The van der Waals surface area contributed by atoms with Gasteiger partial charge >= 0.3 is 0 Å². The molecule has 0 spiro atoms. The van der Waals surface area contributed by atoms with E-state index in [1.165, 1.54) is 10.4 Å². The van der Waals surface area contributed by atoms with E-state index in [0.29, 0.717) is 6.61 Å². The average molecular weight is 304 g/mol. The number of nitrogens with zero attached hydrogens (tertiary/aromatic N) is 1. The fourth-order valence-corrected chi connectivity index (χ4v) is 3.16. The molecule has 3 nitrogen and oxygen atoms in total. The lowest BCUT2D eigenvalue weighted by atomic mass is 10.1. The molecule has 1 aromatic heterocycles. The van der Waals surface area contributed by atoms with Crippen LogP contribution in [0.3, 0.4) is 0 Å². The Kier molecular flexibility index (Phi) is 6.86. The van der Waals surface area contributed by atoms with Gasteiger partial charge in [0.25, 0.3) is 0 Å². The van der Waals surface area contributed by atoms with Crippen LogP contribution in [-0.2, 0) is 17.8 Å². The van der Waals surface area contributed by atoms with Crippen molar-refractivity contribution >= 4 is 11.3 Å². The highest BCUT2D eigenvalue weighted by atomic mass is 32.1. The first-order valence-corrected chi connectivity index (χ1v) is 8.49. The van der Waals surface area contributed by atoms with Gasteiger partial charge in [0, 0.05) is 23.6 Å². The quantitative estimate of drug-likeness (QED) is 0.714. The Morgan fingerprint density at radius 1 is 1.19 bits per heavy atom. The highest BCUT2D eigenvalue weighted by Gasteiger charge is 2.12. The highest BCUT2D eigenvalue weighted by Crippen LogP contribution is 2.29. The third-order valence-electron chi connectivity index (χ3n) is 3.14. The van der Waals surface area contributed by atoms with E-state index < -0.39 is 0 Å². The van der Waals surface area contributed by atoms with Crippen LogP contribution in [0.15, 0.2) is 30.3 Å². The molecule has 114 valence electrons. The zero-order valence-corrected chi connectivity index (χ0v) is 13.7. The van der Waals surface area contributed by atoms with Crippen LogP contribution in [0.4, 0.5) is 0 Å². The van der Waals surface area contributed by atoms with Gasteiger partial charge in [-0.2, -0.15) is 0 Å². The molecule has 0 saturated heterocycles. The fraction of sp³-hybridized carbons (Fsp3) is 0.471. The molecule has 1 heterocycles. The van der Waals surface area contributed by atoms with Crippen LogP contribution in [-0.4, -0.2) is 24.7 Å². The molecule has 0 bridgehead atoms. The number of nitrogens with one attached hydrogen (secondary N) is 1. The zero-order chi connectivity index (χ0) is 14.9. The van der Waals surface area contributed by atoms with Crippen LogP contribution < -0.4 is 5.32 Å². The van der Waals surface area contributed by atoms with Gasteiger partial charge in [0.05, 0.1) is 12.3 Å². The summed E-state index contributed by atoms with van der Waals surface area (Å²) < 4.78 is 5.63. The second-order valence-electron chi connectivity index (χ2n) is 4.90. The summed E-state index contributed by atoms with van der Waals surface area (Å²) in [6, 6.07) is 10.4. The first-order valence-electron chi connectivity index (χ1n) is 7.67. The summed E-state index contributed by atoms with van der Waals surface area (Å²) in [5.74, 6) is 0. The van der Waals surface area contributed by atoms with Crippen LogP contribution in [0.25, 0.3) is 11.3 Å². The lowest BCUT2D eigenvalue weighted by Crippen LogP contribution is -2.15. The molecule has 0 fully saturated rings. The summed E-state index contributed by atoms with van der Waals surface area (Å²) in [6.45, 7) is 7.68. The van der Waals surface area contributed by atoms with Crippen LogP contribution in [0, 0.1) is 0 Å². The van der Waals surface area contributed by atoms with E-state index in [2.05, 4.69) is 43.4 Å². The minimum Gasteiger partial charge on any atom is -0.374 e. The molecule has 0 amide bonds. The lowest BCUT2D eigenvalue weighted by molar-refractivity contribution is 0.121. The minimum absolute atomic E-state index is 0.625. The van der Waals surface area contributed by atoms with Crippen molar-refractivity contribution in [1.29, 1.82) is 0 Å². The van der Waals surface area contributed by atoms with Gasteiger partial charge in [0.1, 0.15) is 5.01 Å². The molecule has 0 radical (unpaired) electrons. The van der Waals surface area contributed by atoms with E-state index in [-0.39, 0.29) is 0 Å². The Labute approximate surface area is 131 Å². The van der Waals surface area contributed by atoms with Crippen LogP contribution >= 0.6 is 11.3 Å². The maximum Gasteiger partial charge on any atom is 0.119 e. The van der Waals surface area contributed by atoms with Crippen LogP contribution in [0.5, 0.6) is 0 Å². The van der Waals surface area contributed by atoms with Crippen molar-refractivity contribution in [3.8, 4) is 11.3 Å². The average Bonchev–Trinajstić information content (AvgIpc) is 2.92. The van der Waals surface area contributed by atoms with Gasteiger partial charge in [0.2, 0.25) is 0 Å². The number of rotatable bonds is 9. The second kappa shape index (κ2) is 8.93. The van der Waals surface area contributed by atoms with E-state index in [1.54, 1.807) is 11.3 Å². The largest absolute Gasteiger partial charge is 0.374 e. The maximum absolute atomic E-state index is 5.63. The Morgan fingerprint density at radius 3 is 2.71 bits per heavy atom. The molecule has 1 N–H and O–H groups in total. The number of benzene rings is 1. The van der Waals surface area contributed by atoms with E-state index in [0.717, 1.165) is 43.2 Å². The molecule has 4 heteroatoms. The summed E-state index contributed by atoms with van der Waals surface area (Å²) in [6.07, 6.45) is 2.06. The number of hydrogen-bond acceptors (Lipinski definition) is 4. The van der Waals surface area contributed by atoms with E-state index >= 15 is 0 Å². The summed E-state index contributed by atoms with van der Waals surface area (Å²) >= 11 is 1.78. The molecule has 2 aromatic rings. The van der Waals surface area contributed by atoms with Crippen molar-refractivity contribution in [2.45, 2.75) is 33.3 Å². The Morgan fingerprint density at radius 2 is 2.00 bits per heavy atom. The fourth-order valence-electron chi connectivity index (χ4n) is 2.14. The van der Waals surface area contributed by atoms with Gasteiger partial charge in [-0.15, -0.1) is 11.3 Å². The van der Waals surface area contributed by atoms with Crippen molar-refractivity contribution in [2.75, 3.05) is 19.7 Å². The van der Waals surface area contributed by atoms with Crippen molar-refractivity contribution in [1.82, 2.24) is 10.3 Å². The molecule has 2 rings (SSSR count). The van der Waals surface area contributed by atoms with E-state index in [1.807, 2.05) is 6.07 Å². The third kappa shape index (κ3) is 4.92. The molecule has 0 aliphatic rings. The lowest BCUT2D eigenvalue weighted by Gasteiger charge is -2.03. The van der Waals surface area contributed by atoms with Crippen molar-refractivity contribution in [2.24, 2.45) is 0 Å². The summed E-state index contributed by atoms with van der Waals surface area (Å²) in [4.78, 5) is 6.14. The smallest absolute Gasteiger partial charge is 0.119 e. The van der Waals surface area contributed by atoms with Crippen LogP contribution in [0.2, 0.25) is 0 Å². The van der Waals surface area contributed by atoms with Gasteiger partial charge in [0.15, 0.2) is 0 Å². The zero-order valence-electron chi connectivity index (χ0n) is 12.9.